The van der Waals surface area contributed by atoms with Gasteiger partial charge in [-0.1, -0.05) is 18.2 Å². The second-order valence-electron chi connectivity index (χ2n) is 7.09. The third kappa shape index (κ3) is 3.04. The van der Waals surface area contributed by atoms with Gasteiger partial charge in [0, 0.05) is 35.2 Å². The van der Waals surface area contributed by atoms with Crippen molar-refractivity contribution in [2.24, 2.45) is 0 Å². The predicted octanol–water partition coefficient (Wildman–Crippen LogP) is 2.20. The van der Waals surface area contributed by atoms with Gasteiger partial charge in [0.25, 0.3) is 5.91 Å². The molecule has 1 amide bonds. The molecular weight excluding hydrogens is 321 g/mol. The number of benzene rings is 1. The first-order valence-electron chi connectivity index (χ1n) is 8.91. The molecule has 4 rings (SSSR count). The molecule has 3 atom stereocenters. The number of ether oxygens (including phenoxy) is 1. The molecule has 2 saturated heterocycles. The summed E-state index contributed by atoms with van der Waals surface area (Å²) in [4.78, 5) is 15.3. The summed E-state index contributed by atoms with van der Waals surface area (Å²) in [6.45, 7) is 1.28. The van der Waals surface area contributed by atoms with Gasteiger partial charge in [-0.2, -0.15) is 0 Å². The maximum absolute atomic E-state index is 12.9. The third-order valence-electron chi connectivity index (χ3n) is 5.58. The lowest BCUT2D eigenvalue weighted by atomic mass is 9.90. The summed E-state index contributed by atoms with van der Waals surface area (Å²) in [5.41, 5.74) is 1.53. The van der Waals surface area contributed by atoms with E-state index in [4.69, 9.17) is 4.74 Å². The summed E-state index contributed by atoms with van der Waals surface area (Å²) >= 11 is 0. The van der Waals surface area contributed by atoms with E-state index >= 15 is 0 Å². The monoisotopic (exact) mass is 345 g/mol. The van der Waals surface area contributed by atoms with E-state index in [1.807, 2.05) is 28.8 Å². The van der Waals surface area contributed by atoms with Crippen LogP contribution in [0.25, 0.3) is 10.9 Å². The van der Waals surface area contributed by atoms with E-state index in [0.29, 0.717) is 17.6 Å². The second kappa shape index (κ2) is 6.77. The smallest absolute Gasteiger partial charge is 0.253 e. The Morgan fingerprint density at radius 2 is 2.00 bits per heavy atom. The van der Waals surface area contributed by atoms with Gasteiger partial charge in [-0.15, -0.1) is 0 Å². The Bertz CT molecular complexity index is 761. The molecule has 0 aliphatic carbocycles. The number of aromatic nitrogens is 1. The molecule has 5 nitrogen and oxygen atoms in total. The number of fused-ring (bicyclic) bond motifs is 3. The maximum atomic E-state index is 12.9. The highest BCUT2D eigenvalue weighted by molar-refractivity contribution is 6.07. The average molecular weight is 345 g/mol. The topological polar surface area (TPSA) is 46.5 Å². The van der Waals surface area contributed by atoms with E-state index in [1.54, 1.807) is 6.20 Å². The van der Waals surface area contributed by atoms with Crippen molar-refractivity contribution in [2.45, 2.75) is 37.5 Å². The molecule has 1 N–H and O–H groups in total. The van der Waals surface area contributed by atoms with Crippen molar-refractivity contribution < 1.29 is 13.9 Å². The van der Waals surface area contributed by atoms with Gasteiger partial charge in [-0.05, 0) is 26.0 Å². The number of nitrogens with one attached hydrogen (secondary N) is 1. The molecule has 3 heterocycles. The Hall–Kier alpha value is -1.92. The van der Waals surface area contributed by atoms with Gasteiger partial charge in [0.2, 0.25) is 0 Å². The highest BCUT2D eigenvalue weighted by atomic mass is 19.1. The van der Waals surface area contributed by atoms with Crippen LogP contribution in [0.5, 0.6) is 0 Å². The van der Waals surface area contributed by atoms with Gasteiger partial charge < -0.3 is 14.6 Å². The lowest BCUT2D eigenvalue weighted by Crippen LogP contribution is -2.59. The molecule has 0 spiro atoms. The van der Waals surface area contributed by atoms with Crippen LogP contribution in [0, 0.1) is 0 Å². The van der Waals surface area contributed by atoms with Crippen molar-refractivity contribution in [3.05, 3.63) is 36.0 Å². The number of amides is 1. The summed E-state index contributed by atoms with van der Waals surface area (Å²) in [7, 11) is 2.14. The molecule has 2 aromatic rings. The number of piperidine rings is 1. The van der Waals surface area contributed by atoms with E-state index in [-0.39, 0.29) is 18.5 Å². The normalized spacial score (nSPS) is 26.7. The van der Waals surface area contributed by atoms with Crippen molar-refractivity contribution in [1.29, 1.82) is 0 Å². The molecule has 2 aliphatic heterocycles. The molecule has 134 valence electrons. The third-order valence-corrected chi connectivity index (χ3v) is 5.58. The van der Waals surface area contributed by atoms with Crippen LogP contribution in [-0.2, 0) is 11.3 Å². The molecule has 2 aliphatic rings. The average Bonchev–Trinajstić information content (AvgIpc) is 2.95. The molecule has 0 unspecified atom stereocenters. The van der Waals surface area contributed by atoms with Crippen molar-refractivity contribution in [2.75, 3.05) is 26.9 Å². The zero-order valence-corrected chi connectivity index (χ0v) is 14.5. The van der Waals surface area contributed by atoms with Crippen LogP contribution in [-0.4, -0.2) is 60.4 Å². The number of likely N-dealkylation sites (N-methyl/N-ethyl adjacent to an activating group) is 1. The molecule has 2 bridgehead atoms. The summed E-state index contributed by atoms with van der Waals surface area (Å²) < 4.78 is 20.3. The number of halogens is 1. The van der Waals surface area contributed by atoms with Crippen LogP contribution in [0.4, 0.5) is 4.39 Å². The number of hydrogen-bond acceptors (Lipinski definition) is 3. The first kappa shape index (κ1) is 16.5. The number of para-hydroxylation sites is 1. The number of rotatable bonds is 4. The Morgan fingerprint density at radius 1 is 1.28 bits per heavy atom. The van der Waals surface area contributed by atoms with Gasteiger partial charge in [0.1, 0.15) is 6.67 Å². The second-order valence-corrected chi connectivity index (χ2v) is 7.09. The number of nitrogens with zero attached hydrogens (tertiary/aromatic N) is 2. The van der Waals surface area contributed by atoms with Crippen molar-refractivity contribution in [3.8, 4) is 0 Å². The quantitative estimate of drug-likeness (QED) is 0.924. The lowest BCUT2D eigenvalue weighted by Gasteiger charge is -2.46. The number of morpholine rings is 1. The first-order valence-corrected chi connectivity index (χ1v) is 8.91. The van der Waals surface area contributed by atoms with Crippen molar-refractivity contribution in [3.63, 3.8) is 0 Å². The minimum atomic E-state index is -0.446. The van der Waals surface area contributed by atoms with Gasteiger partial charge in [-0.25, -0.2) is 4.39 Å². The van der Waals surface area contributed by atoms with Crippen molar-refractivity contribution in [1.82, 2.24) is 14.8 Å². The Kier molecular flexibility index (Phi) is 4.48. The van der Waals surface area contributed by atoms with Crippen LogP contribution >= 0.6 is 0 Å². The zero-order chi connectivity index (χ0) is 17.4. The summed E-state index contributed by atoms with van der Waals surface area (Å²) in [5.74, 6) is -0.0673. The number of aryl methyl sites for hydroxylation is 1. The molecule has 25 heavy (non-hydrogen) atoms. The minimum absolute atomic E-state index is 0.0673. The van der Waals surface area contributed by atoms with Crippen molar-refractivity contribution >= 4 is 16.8 Å². The summed E-state index contributed by atoms with van der Waals surface area (Å²) in [6.07, 6.45) is 3.59. The fourth-order valence-corrected chi connectivity index (χ4v) is 4.18. The lowest BCUT2D eigenvalue weighted by molar-refractivity contribution is -0.0670. The number of carbonyl (C=O) groups is 1. The van der Waals surface area contributed by atoms with Gasteiger partial charge in [-0.3, -0.25) is 9.69 Å². The molecule has 0 saturated carbocycles. The highest BCUT2D eigenvalue weighted by Crippen LogP contribution is 2.27. The molecule has 1 aromatic heterocycles. The SMILES string of the molecule is CN1[C@@H]2COC[C@H]1C[C@@H](NC(=O)c1cn(CCF)c3ccccc13)C2. The van der Waals surface area contributed by atoms with Crippen LogP contribution in [0.1, 0.15) is 23.2 Å². The van der Waals surface area contributed by atoms with Gasteiger partial charge in [0.15, 0.2) is 0 Å². The maximum Gasteiger partial charge on any atom is 0.253 e. The molecule has 6 heteroatoms. The van der Waals surface area contributed by atoms with E-state index in [2.05, 4.69) is 17.3 Å². The van der Waals surface area contributed by atoms with E-state index < -0.39 is 6.67 Å². The van der Waals surface area contributed by atoms with Crippen LogP contribution in [0.15, 0.2) is 30.5 Å². The van der Waals surface area contributed by atoms with Gasteiger partial charge >= 0.3 is 0 Å². The fourth-order valence-electron chi connectivity index (χ4n) is 4.18. The number of carbonyl (C=O) groups excluding carboxylic acids is 1. The first-order chi connectivity index (χ1) is 12.2. The van der Waals surface area contributed by atoms with E-state index in [0.717, 1.165) is 37.0 Å². The summed E-state index contributed by atoms with van der Waals surface area (Å²) in [6, 6.07) is 8.57. The van der Waals surface area contributed by atoms with Crippen LogP contribution in [0.3, 0.4) is 0 Å². The van der Waals surface area contributed by atoms with Crippen LogP contribution < -0.4 is 5.32 Å². The Morgan fingerprint density at radius 3 is 2.72 bits per heavy atom. The Labute approximate surface area is 146 Å². The zero-order valence-electron chi connectivity index (χ0n) is 14.5. The predicted molar refractivity (Wildman–Crippen MR) is 94.6 cm³/mol. The van der Waals surface area contributed by atoms with Crippen LogP contribution in [0.2, 0.25) is 0 Å². The van der Waals surface area contributed by atoms with Gasteiger partial charge in [0.05, 0.1) is 25.3 Å². The molecule has 2 fully saturated rings. The fraction of sp³-hybridized carbons (Fsp3) is 0.526. The standard InChI is InChI=1S/C19H24FN3O2/c1-22-14-8-13(9-15(22)12-25-11-14)21-19(24)17-10-23(7-6-20)18-5-3-2-4-16(17)18/h2-5,10,13-15H,6-9,11-12H2,1H3,(H,21,24)/t13-,14-,15+. The minimum Gasteiger partial charge on any atom is -0.378 e. The highest BCUT2D eigenvalue weighted by Gasteiger charge is 2.37. The largest absolute Gasteiger partial charge is 0.378 e. The Balaban J connectivity index is 1.54. The molecular formula is C19H24FN3O2. The molecule has 1 aromatic carbocycles. The molecule has 0 radical (unpaired) electrons. The number of alkyl halides is 1. The summed E-state index contributed by atoms with van der Waals surface area (Å²) in [5, 5.41) is 4.08. The van der Waals surface area contributed by atoms with E-state index in [9.17, 15) is 9.18 Å². The van der Waals surface area contributed by atoms with E-state index in [1.165, 1.54) is 0 Å². The number of hydrogen-bond donors (Lipinski definition) is 1.